The Bertz CT molecular complexity index is 3960. The maximum Gasteiger partial charge on any atom is 0.252 e. The first kappa shape index (κ1) is 56.4. The van der Waals surface area contributed by atoms with Gasteiger partial charge in [0.2, 0.25) is 0 Å². The van der Waals surface area contributed by atoms with E-state index in [1.807, 2.05) is 0 Å². The lowest BCUT2D eigenvalue weighted by Crippen LogP contribution is -2.62. The van der Waals surface area contributed by atoms with Crippen molar-refractivity contribution in [3.8, 4) is 11.1 Å². The Hall–Kier alpha value is -6.78. The molecule has 2 heterocycles. The molecule has 4 heteroatoms. The van der Waals surface area contributed by atoms with Crippen LogP contribution < -0.4 is 31.1 Å². The summed E-state index contributed by atoms with van der Waals surface area (Å²) in [6, 6.07) is 58.7. The van der Waals surface area contributed by atoms with Gasteiger partial charge in [-0.05, 0) is 233 Å². The van der Waals surface area contributed by atoms with Gasteiger partial charge >= 0.3 is 0 Å². The van der Waals surface area contributed by atoms with Gasteiger partial charge in [0.25, 0.3) is 6.71 Å². The van der Waals surface area contributed by atoms with Crippen molar-refractivity contribution < 1.29 is 0 Å². The van der Waals surface area contributed by atoms with Gasteiger partial charge in [0, 0.05) is 51.1 Å². The van der Waals surface area contributed by atoms with Crippen molar-refractivity contribution in [2.45, 2.75) is 207 Å². The largest absolute Gasteiger partial charge is 0.311 e. The second-order valence-corrected chi connectivity index (χ2v) is 32.6. The van der Waals surface area contributed by atoms with E-state index in [0.29, 0.717) is 0 Å². The summed E-state index contributed by atoms with van der Waals surface area (Å²) in [6.07, 6.45) is 4.54. The molecule has 0 atom stereocenters. The van der Waals surface area contributed by atoms with E-state index in [4.69, 9.17) is 0 Å². The number of hydrogen-bond donors (Lipinski definition) is 0. The zero-order valence-electron chi connectivity index (χ0n) is 54.6. The molecule has 8 aromatic carbocycles. The van der Waals surface area contributed by atoms with Crippen LogP contribution in [0.2, 0.25) is 0 Å². The zero-order chi connectivity index (χ0) is 60.0. The molecule has 13 rings (SSSR count). The predicted octanol–water partition coefficient (Wildman–Crippen LogP) is 20.4. The summed E-state index contributed by atoms with van der Waals surface area (Å²) < 4.78 is 0. The van der Waals surface area contributed by atoms with Gasteiger partial charge in [-0.1, -0.05) is 197 Å². The first-order valence-corrected chi connectivity index (χ1v) is 31.7. The maximum absolute atomic E-state index is 2.70. The summed E-state index contributed by atoms with van der Waals surface area (Å²) in [5.41, 5.74) is 31.9. The molecule has 0 N–H and O–H groups in total. The molecule has 0 unspecified atom stereocenters. The minimum Gasteiger partial charge on any atom is -0.311 e. The zero-order valence-corrected chi connectivity index (χ0v) is 54.6. The fraction of sp³-hybridized carbons (Fsp3) is 0.400. The third kappa shape index (κ3) is 8.78. The lowest BCUT2D eigenvalue weighted by molar-refractivity contribution is 0.332. The van der Waals surface area contributed by atoms with E-state index in [1.54, 1.807) is 0 Å². The Balaban J connectivity index is 1.13. The Kier molecular flexibility index (Phi) is 12.3. The highest BCUT2D eigenvalue weighted by molar-refractivity contribution is 7.00. The number of fused-ring (bicyclic) bond motifs is 7. The Morgan fingerprint density at radius 1 is 0.381 bits per heavy atom. The quantitative estimate of drug-likeness (QED) is 0.154. The molecule has 3 aliphatic carbocycles. The van der Waals surface area contributed by atoms with E-state index in [1.165, 1.54) is 134 Å². The van der Waals surface area contributed by atoms with Crippen molar-refractivity contribution in [2.24, 2.45) is 0 Å². The van der Waals surface area contributed by atoms with E-state index in [-0.39, 0.29) is 50.0 Å². The van der Waals surface area contributed by atoms with Crippen LogP contribution in [0.3, 0.4) is 0 Å². The first-order chi connectivity index (χ1) is 39.2. The fourth-order valence-electron chi connectivity index (χ4n) is 16.9. The van der Waals surface area contributed by atoms with E-state index in [0.717, 1.165) is 25.7 Å². The summed E-state index contributed by atoms with van der Waals surface area (Å²) in [6.45, 7) is 48.2. The van der Waals surface area contributed by atoms with Gasteiger partial charge in [-0.15, -0.1) is 0 Å². The lowest BCUT2D eigenvalue weighted by Gasteiger charge is -2.48. The van der Waals surface area contributed by atoms with E-state index in [9.17, 15) is 0 Å². The molecule has 430 valence electrons. The van der Waals surface area contributed by atoms with Crippen molar-refractivity contribution in [1.82, 2.24) is 0 Å². The van der Waals surface area contributed by atoms with Crippen LogP contribution in [0.1, 0.15) is 206 Å². The first-order valence-electron chi connectivity index (χ1n) is 31.7. The molecule has 0 radical (unpaired) electrons. The van der Waals surface area contributed by atoms with Crippen LogP contribution in [0.25, 0.3) is 11.1 Å². The van der Waals surface area contributed by atoms with E-state index < -0.39 is 0 Å². The number of anilines is 9. The monoisotopic (exact) mass is 1110 g/mol. The summed E-state index contributed by atoms with van der Waals surface area (Å²) in [5.74, 6) is 0. The summed E-state index contributed by atoms with van der Waals surface area (Å²) in [7, 11) is 0. The van der Waals surface area contributed by atoms with Crippen molar-refractivity contribution >= 4 is 74.3 Å². The average Bonchev–Trinajstić information content (AvgIpc) is 0.956. The highest BCUT2D eigenvalue weighted by Gasteiger charge is 2.49. The van der Waals surface area contributed by atoms with Gasteiger partial charge in [-0.2, -0.15) is 0 Å². The molecule has 0 fully saturated rings. The maximum atomic E-state index is 2.70. The minimum absolute atomic E-state index is 0.00334. The third-order valence-electron chi connectivity index (χ3n) is 21.1. The van der Waals surface area contributed by atoms with Gasteiger partial charge < -0.3 is 14.7 Å². The van der Waals surface area contributed by atoms with Gasteiger partial charge in [0.05, 0.1) is 5.69 Å². The number of hydrogen-bond acceptors (Lipinski definition) is 3. The van der Waals surface area contributed by atoms with Crippen molar-refractivity contribution in [1.29, 1.82) is 0 Å². The molecule has 0 aromatic heterocycles. The van der Waals surface area contributed by atoms with Crippen LogP contribution in [-0.2, 0) is 43.3 Å². The van der Waals surface area contributed by atoms with Crippen LogP contribution in [0, 0.1) is 13.8 Å². The van der Waals surface area contributed by atoms with Gasteiger partial charge in [0.1, 0.15) is 0 Å². The molecule has 0 saturated carbocycles. The molecule has 0 bridgehead atoms. The summed E-state index contributed by atoms with van der Waals surface area (Å²) in [4.78, 5) is 7.99. The van der Waals surface area contributed by atoms with Crippen LogP contribution in [-0.4, -0.2) is 6.71 Å². The molecular weight excluding hydrogens is 1010 g/mol. The standard InChI is InChI=1S/C80H92BN3/c1-49-38-70-72-71(39-49)84(67-35-27-53(74(6,7)8)41-57(67)51-24-22-21-23-25-51)69-46-63-62(75(9,10)36-37-76(63,11)12)45-65(69)81(72)64-33-30-56(44-68(64)83(70)66-34-26-52(40-50(66)2)73(3,4)5)82(54-28-31-58-60(42-54)79(17,18)47-77(58,13)14)55-29-32-59-61(43-55)80(19,20)48-78(59,15)16/h21-35,38-46H,36-37,47-48H2,1-20H3. The Morgan fingerprint density at radius 3 is 1.37 bits per heavy atom. The van der Waals surface area contributed by atoms with Gasteiger partial charge in [-0.25, -0.2) is 0 Å². The number of nitrogens with zero attached hydrogens (tertiary/aromatic N) is 3. The Morgan fingerprint density at radius 2 is 0.833 bits per heavy atom. The van der Waals surface area contributed by atoms with Crippen molar-refractivity contribution in [2.75, 3.05) is 14.7 Å². The second-order valence-electron chi connectivity index (χ2n) is 32.6. The van der Waals surface area contributed by atoms with Crippen molar-refractivity contribution in [3.05, 3.63) is 201 Å². The minimum atomic E-state index is -0.0454. The molecule has 2 aliphatic heterocycles. The normalized spacial score (nSPS) is 18.8. The van der Waals surface area contributed by atoms with Crippen LogP contribution in [0.5, 0.6) is 0 Å². The molecule has 8 aromatic rings. The highest BCUT2D eigenvalue weighted by atomic mass is 15.2. The van der Waals surface area contributed by atoms with Gasteiger partial charge in [0.15, 0.2) is 0 Å². The molecule has 0 spiro atoms. The predicted molar refractivity (Wildman–Crippen MR) is 364 cm³/mol. The van der Waals surface area contributed by atoms with Crippen LogP contribution in [0.15, 0.2) is 146 Å². The topological polar surface area (TPSA) is 9.72 Å². The molecule has 0 amide bonds. The van der Waals surface area contributed by atoms with Crippen LogP contribution in [0.4, 0.5) is 51.2 Å². The number of benzene rings is 8. The molecule has 84 heavy (non-hydrogen) atoms. The average molecular weight is 1110 g/mol. The van der Waals surface area contributed by atoms with Crippen molar-refractivity contribution in [3.63, 3.8) is 0 Å². The smallest absolute Gasteiger partial charge is 0.252 e. The molecule has 3 nitrogen and oxygen atoms in total. The lowest BCUT2D eigenvalue weighted by atomic mass is 9.33. The van der Waals surface area contributed by atoms with Gasteiger partial charge in [-0.3, -0.25) is 0 Å². The summed E-state index contributed by atoms with van der Waals surface area (Å²) in [5, 5.41) is 0. The van der Waals surface area contributed by atoms with E-state index >= 15 is 0 Å². The number of aryl methyl sites for hydroxylation is 2. The third-order valence-corrected chi connectivity index (χ3v) is 21.1. The second kappa shape index (κ2) is 18.4. The molecule has 5 aliphatic rings. The Labute approximate surface area is 506 Å². The fourth-order valence-corrected chi connectivity index (χ4v) is 16.9. The summed E-state index contributed by atoms with van der Waals surface area (Å²) >= 11 is 0. The van der Waals surface area contributed by atoms with E-state index in [2.05, 4.69) is 299 Å². The number of rotatable bonds is 6. The highest BCUT2D eigenvalue weighted by Crippen LogP contribution is 2.56. The SMILES string of the molecule is Cc1cc2c3c(c1)N(c1ccc(C(C)(C)C)cc1-c1ccccc1)c1cc4c(cc1B3c1ccc(N(c3ccc5c(c3)C(C)(C)CC5(C)C)c3ccc5c(c3)C(C)(C)CC5(C)C)cc1N2c1ccc(C(C)(C)C)cc1C)C(C)(C)CCC4(C)C. The molecule has 0 saturated heterocycles. The molecular formula is C80H92BN3. The van der Waals surface area contributed by atoms with Crippen LogP contribution >= 0.6 is 0 Å².